The average molecular weight is 297 g/mol. The van der Waals surface area contributed by atoms with Gasteiger partial charge in [0.1, 0.15) is 0 Å². The van der Waals surface area contributed by atoms with Crippen molar-refractivity contribution < 1.29 is 0 Å². The first-order chi connectivity index (χ1) is 8.50. The van der Waals surface area contributed by atoms with Crippen molar-refractivity contribution in [3.8, 4) is 17.3 Å². The van der Waals surface area contributed by atoms with Gasteiger partial charge in [-0.05, 0) is 0 Å². The Hall–Kier alpha value is -1.60. The van der Waals surface area contributed by atoms with E-state index >= 15 is 0 Å². The van der Waals surface area contributed by atoms with Crippen molar-refractivity contribution >= 4 is 17.7 Å². The van der Waals surface area contributed by atoms with E-state index in [0.29, 0.717) is 5.56 Å². The van der Waals surface area contributed by atoms with Gasteiger partial charge in [-0.25, -0.2) is 0 Å². The summed E-state index contributed by atoms with van der Waals surface area (Å²) < 4.78 is 1.41. The molecule has 0 aliphatic carbocycles. The van der Waals surface area contributed by atoms with Gasteiger partial charge in [-0.1, -0.05) is 0 Å². The van der Waals surface area contributed by atoms with Gasteiger partial charge in [0.15, 0.2) is 0 Å². The fraction of sp³-hybridized carbons (Fsp3) is 0.200. The number of pyridine rings is 1. The molecule has 0 unspecified atom stereocenters. The van der Waals surface area contributed by atoms with Crippen LogP contribution < -0.4 is 4.40 Å². The molecule has 18 heavy (non-hydrogen) atoms. The molecular formula is C15H16GeN2. The minimum absolute atomic E-state index is 0.681. The summed E-state index contributed by atoms with van der Waals surface area (Å²) in [6.45, 7) is 0. The number of aromatic nitrogens is 1. The van der Waals surface area contributed by atoms with Crippen LogP contribution in [0.15, 0.2) is 42.6 Å². The molecule has 1 heterocycles. The maximum absolute atomic E-state index is 8.77. The molecule has 0 saturated heterocycles. The third-order valence-corrected chi connectivity index (χ3v) is 7.19. The molecule has 0 aliphatic rings. The topological polar surface area (TPSA) is 36.7 Å². The predicted molar refractivity (Wildman–Crippen MR) is 77.4 cm³/mol. The van der Waals surface area contributed by atoms with E-state index in [2.05, 4.69) is 40.5 Å². The van der Waals surface area contributed by atoms with Crippen molar-refractivity contribution in [2.24, 2.45) is 0 Å². The molecule has 0 fully saturated rings. The summed E-state index contributed by atoms with van der Waals surface area (Å²) >= 11 is -1.77. The summed E-state index contributed by atoms with van der Waals surface area (Å²) in [4.78, 5) is 4.53. The van der Waals surface area contributed by atoms with Crippen molar-refractivity contribution in [2.45, 2.75) is 17.3 Å². The molecule has 0 bridgehead atoms. The Bertz CT molecular complexity index is 572. The second-order valence-corrected chi connectivity index (χ2v) is 16.0. The van der Waals surface area contributed by atoms with E-state index in [1.807, 2.05) is 30.5 Å². The minimum atomic E-state index is -1.77. The number of nitrogens with zero attached hydrogens (tertiary/aromatic N) is 2. The zero-order valence-electron chi connectivity index (χ0n) is 10.9. The van der Waals surface area contributed by atoms with Gasteiger partial charge in [-0.15, -0.1) is 0 Å². The fourth-order valence-corrected chi connectivity index (χ4v) is 3.90. The van der Waals surface area contributed by atoms with E-state index in [0.717, 1.165) is 11.3 Å². The van der Waals surface area contributed by atoms with E-state index in [1.54, 1.807) is 0 Å². The molecule has 0 amide bonds. The van der Waals surface area contributed by atoms with E-state index in [1.165, 1.54) is 4.40 Å². The predicted octanol–water partition coefficient (Wildman–Crippen LogP) is 3.17. The molecule has 3 heteroatoms. The molecule has 0 aliphatic heterocycles. The van der Waals surface area contributed by atoms with Gasteiger partial charge in [0.2, 0.25) is 0 Å². The third-order valence-electron chi connectivity index (χ3n) is 2.94. The molecule has 2 aromatic rings. The number of benzene rings is 1. The summed E-state index contributed by atoms with van der Waals surface area (Å²) in [7, 11) is 0. The van der Waals surface area contributed by atoms with Gasteiger partial charge in [0, 0.05) is 0 Å². The van der Waals surface area contributed by atoms with Crippen LogP contribution in [0.4, 0.5) is 0 Å². The first kappa shape index (κ1) is 12.8. The molecule has 1 aromatic carbocycles. The average Bonchev–Trinajstić information content (AvgIpc) is 2.38. The van der Waals surface area contributed by atoms with Crippen LogP contribution >= 0.6 is 0 Å². The van der Waals surface area contributed by atoms with Crippen LogP contribution in [0.25, 0.3) is 11.3 Å². The Kier molecular flexibility index (Phi) is 3.53. The van der Waals surface area contributed by atoms with Crippen molar-refractivity contribution in [3.63, 3.8) is 0 Å². The van der Waals surface area contributed by atoms with Crippen LogP contribution in [-0.4, -0.2) is 18.3 Å². The van der Waals surface area contributed by atoms with Crippen molar-refractivity contribution in [2.75, 3.05) is 0 Å². The molecule has 0 atom stereocenters. The van der Waals surface area contributed by atoms with Crippen LogP contribution in [0.5, 0.6) is 0 Å². The summed E-state index contributed by atoms with van der Waals surface area (Å²) in [5.74, 6) is 7.08. The Morgan fingerprint density at radius 2 is 1.67 bits per heavy atom. The molecule has 0 N–H and O–H groups in total. The van der Waals surface area contributed by atoms with Crippen LogP contribution in [-0.2, 0) is 0 Å². The molecule has 1 aromatic heterocycles. The standard InChI is InChI=1S/C15H16GeN2/c1-16(2,3)14-8-9-15(18-11-14)13-6-4-12(10-17)5-7-13/h4-9,11H,1-3H3. The number of hydrogen-bond donors (Lipinski definition) is 0. The second kappa shape index (κ2) is 4.95. The fourth-order valence-electron chi connectivity index (χ4n) is 1.72. The van der Waals surface area contributed by atoms with Crippen LogP contribution in [0, 0.1) is 11.3 Å². The van der Waals surface area contributed by atoms with Crippen LogP contribution in [0.2, 0.25) is 17.3 Å². The van der Waals surface area contributed by atoms with Crippen LogP contribution in [0.3, 0.4) is 0 Å². The van der Waals surface area contributed by atoms with Gasteiger partial charge in [0.25, 0.3) is 0 Å². The molecule has 0 spiro atoms. The van der Waals surface area contributed by atoms with Crippen molar-refractivity contribution in [3.05, 3.63) is 48.2 Å². The number of hydrogen-bond acceptors (Lipinski definition) is 2. The zero-order chi connectivity index (χ0) is 13.2. The van der Waals surface area contributed by atoms with Crippen molar-refractivity contribution in [1.82, 2.24) is 4.98 Å². The molecule has 0 saturated carbocycles. The Balaban J connectivity index is 2.32. The summed E-state index contributed by atoms with van der Waals surface area (Å²) in [6.07, 6.45) is 2.01. The Labute approximate surface area is 111 Å². The monoisotopic (exact) mass is 298 g/mol. The summed E-state index contributed by atoms with van der Waals surface area (Å²) in [5, 5.41) is 8.77. The number of rotatable bonds is 2. The molecule has 2 nitrogen and oxygen atoms in total. The normalized spacial score (nSPS) is 11.0. The van der Waals surface area contributed by atoms with Crippen LogP contribution in [0.1, 0.15) is 5.56 Å². The SMILES string of the molecule is [CH3][Ge]([CH3])([CH3])[c]1ccc(-c2ccc(C#N)cc2)nc1. The quantitative estimate of drug-likeness (QED) is 0.798. The molecule has 2 rings (SSSR count). The third kappa shape index (κ3) is 2.80. The van der Waals surface area contributed by atoms with E-state index in [9.17, 15) is 0 Å². The Morgan fingerprint density at radius 3 is 2.11 bits per heavy atom. The van der Waals surface area contributed by atoms with Gasteiger partial charge >= 0.3 is 111 Å². The van der Waals surface area contributed by atoms with E-state index in [-0.39, 0.29) is 0 Å². The van der Waals surface area contributed by atoms with Gasteiger partial charge < -0.3 is 0 Å². The van der Waals surface area contributed by atoms with E-state index < -0.39 is 13.3 Å². The van der Waals surface area contributed by atoms with Crippen molar-refractivity contribution in [1.29, 1.82) is 5.26 Å². The Morgan fingerprint density at radius 1 is 1.00 bits per heavy atom. The summed E-state index contributed by atoms with van der Waals surface area (Å²) in [6, 6.07) is 13.9. The van der Waals surface area contributed by atoms with E-state index in [4.69, 9.17) is 5.26 Å². The second-order valence-electron chi connectivity index (χ2n) is 5.37. The summed E-state index contributed by atoms with van der Waals surface area (Å²) in [5.41, 5.74) is 2.71. The molecular weight excluding hydrogens is 281 g/mol. The van der Waals surface area contributed by atoms with Gasteiger partial charge in [-0.2, -0.15) is 0 Å². The number of nitriles is 1. The molecule has 0 radical (unpaired) electrons. The molecule has 90 valence electrons. The first-order valence-corrected chi connectivity index (χ1v) is 13.3. The van der Waals surface area contributed by atoms with Gasteiger partial charge in [-0.3, -0.25) is 0 Å². The first-order valence-electron chi connectivity index (χ1n) is 5.98. The van der Waals surface area contributed by atoms with Gasteiger partial charge in [0.05, 0.1) is 0 Å². The zero-order valence-corrected chi connectivity index (χ0v) is 13.0. The maximum atomic E-state index is 8.77.